The highest BCUT2D eigenvalue weighted by Gasteiger charge is 2.31. The molecule has 1 amide bonds. The third-order valence-corrected chi connectivity index (χ3v) is 4.62. The smallest absolute Gasteiger partial charge is 0.339 e. The number of hydrogen-bond donors (Lipinski definition) is 2. The van der Waals surface area contributed by atoms with E-state index in [4.69, 9.17) is 0 Å². The number of pyridine rings is 2. The number of hydrogen-bond acceptors (Lipinski definition) is 3. The lowest BCUT2D eigenvalue weighted by Gasteiger charge is -2.20. The number of carbonyl (C=O) groups excluding carboxylic acids is 1. The van der Waals surface area contributed by atoms with Gasteiger partial charge < -0.3 is 10.3 Å². The Hall–Kier alpha value is -3.01. The first-order chi connectivity index (χ1) is 13.7. The van der Waals surface area contributed by atoms with E-state index in [9.17, 15) is 27.2 Å². The van der Waals surface area contributed by atoms with Crippen molar-refractivity contribution < 1.29 is 22.4 Å². The molecule has 0 spiro atoms. The van der Waals surface area contributed by atoms with E-state index in [0.29, 0.717) is 0 Å². The summed E-state index contributed by atoms with van der Waals surface area (Å²) in [5.41, 5.74) is -1.23. The molecule has 0 saturated carbocycles. The lowest BCUT2D eigenvalue weighted by molar-refractivity contribution is -0.137. The van der Waals surface area contributed by atoms with Crippen molar-refractivity contribution in [1.29, 1.82) is 0 Å². The van der Waals surface area contributed by atoms with Crippen molar-refractivity contribution in [3.63, 3.8) is 0 Å². The topological polar surface area (TPSA) is 74.8 Å². The second-order valence-corrected chi connectivity index (χ2v) is 6.82. The van der Waals surface area contributed by atoms with Crippen LogP contribution in [-0.2, 0) is 6.18 Å². The first-order valence-corrected chi connectivity index (χ1v) is 8.93. The number of H-pyrrole nitrogens is 1. The molecular weight excluding hydrogens is 458 g/mol. The quantitative estimate of drug-likeness (QED) is 0.562. The molecule has 0 saturated heterocycles. The fraction of sp³-hybridized carbons (Fsp3) is 0.105. The van der Waals surface area contributed by atoms with Crippen molar-refractivity contribution in [1.82, 2.24) is 15.3 Å². The van der Waals surface area contributed by atoms with E-state index >= 15 is 0 Å². The van der Waals surface area contributed by atoms with Gasteiger partial charge in [-0.05, 0) is 51.8 Å². The summed E-state index contributed by atoms with van der Waals surface area (Å²) in [5, 5.41) is 2.55. The Balaban J connectivity index is 2.00. The number of aromatic nitrogens is 2. The molecule has 2 aromatic heterocycles. The summed E-state index contributed by atoms with van der Waals surface area (Å²) in [6.07, 6.45) is -2.06. The van der Waals surface area contributed by atoms with Crippen LogP contribution in [0.4, 0.5) is 17.6 Å². The fourth-order valence-corrected chi connectivity index (χ4v) is 2.95. The maximum atomic E-state index is 14.3. The minimum Gasteiger partial charge on any atom is -0.339 e. The number of amides is 1. The summed E-state index contributed by atoms with van der Waals surface area (Å²) in [7, 11) is 0. The van der Waals surface area contributed by atoms with Gasteiger partial charge in [-0.25, -0.2) is 4.39 Å². The molecule has 3 aromatic rings. The molecule has 1 unspecified atom stereocenters. The molecule has 2 N–H and O–H groups in total. The molecule has 3 rings (SSSR count). The Labute approximate surface area is 169 Å². The standard InChI is InChI=1S/C19H12BrF4N3O2/c20-13-8-11(9-26-18(13)29)17(28)27-15(16-14(21)2-1-7-25-16)10-3-5-12(6-4-10)19(22,23)24/h1-9,15H,(H,26,29)(H,27,28). The molecule has 1 atom stereocenters. The first-order valence-electron chi connectivity index (χ1n) is 8.13. The highest BCUT2D eigenvalue weighted by Crippen LogP contribution is 2.31. The normalized spacial score (nSPS) is 12.4. The molecule has 2 heterocycles. The van der Waals surface area contributed by atoms with E-state index in [-0.39, 0.29) is 21.3 Å². The number of halogens is 5. The zero-order valence-electron chi connectivity index (χ0n) is 14.4. The van der Waals surface area contributed by atoms with Crippen LogP contribution in [0.2, 0.25) is 0 Å². The van der Waals surface area contributed by atoms with Crippen LogP contribution in [0.3, 0.4) is 0 Å². The van der Waals surface area contributed by atoms with Crippen molar-refractivity contribution in [2.24, 2.45) is 0 Å². The molecule has 0 bridgehead atoms. The van der Waals surface area contributed by atoms with E-state index in [1.165, 1.54) is 24.5 Å². The van der Waals surface area contributed by atoms with Crippen molar-refractivity contribution in [3.8, 4) is 0 Å². The monoisotopic (exact) mass is 469 g/mol. The van der Waals surface area contributed by atoms with Gasteiger partial charge in [-0.2, -0.15) is 13.2 Å². The van der Waals surface area contributed by atoms with Crippen LogP contribution < -0.4 is 10.9 Å². The Bertz CT molecular complexity index is 1100. The van der Waals surface area contributed by atoms with E-state index in [1.54, 1.807) is 0 Å². The van der Waals surface area contributed by atoms with Gasteiger partial charge in [0.05, 0.1) is 21.6 Å². The molecule has 10 heteroatoms. The molecule has 0 aliphatic rings. The van der Waals surface area contributed by atoms with Gasteiger partial charge in [0.2, 0.25) is 0 Å². The SMILES string of the molecule is O=C(NC(c1ccc(C(F)(F)F)cc1)c1ncccc1F)c1c[nH]c(=O)c(Br)c1. The van der Waals surface area contributed by atoms with Crippen LogP contribution >= 0.6 is 15.9 Å². The Morgan fingerprint density at radius 3 is 2.45 bits per heavy atom. The average Bonchev–Trinajstić information content (AvgIpc) is 2.68. The summed E-state index contributed by atoms with van der Waals surface area (Å²) < 4.78 is 52.9. The van der Waals surface area contributed by atoms with Gasteiger partial charge in [-0.15, -0.1) is 0 Å². The number of nitrogens with zero attached hydrogens (tertiary/aromatic N) is 1. The molecule has 0 aliphatic heterocycles. The van der Waals surface area contributed by atoms with Crippen molar-refractivity contribution in [2.75, 3.05) is 0 Å². The molecule has 5 nitrogen and oxygen atoms in total. The minimum atomic E-state index is -4.53. The van der Waals surface area contributed by atoms with E-state index in [1.807, 2.05) is 0 Å². The second-order valence-electron chi connectivity index (χ2n) is 5.96. The van der Waals surface area contributed by atoms with Crippen LogP contribution in [0.1, 0.15) is 33.2 Å². The van der Waals surface area contributed by atoms with Crippen molar-refractivity contribution in [2.45, 2.75) is 12.2 Å². The van der Waals surface area contributed by atoms with Gasteiger partial charge in [-0.3, -0.25) is 14.6 Å². The Morgan fingerprint density at radius 2 is 1.86 bits per heavy atom. The second kappa shape index (κ2) is 8.16. The lowest BCUT2D eigenvalue weighted by atomic mass is 10.0. The zero-order chi connectivity index (χ0) is 21.2. The number of rotatable bonds is 4. The van der Waals surface area contributed by atoms with E-state index in [0.717, 1.165) is 30.3 Å². The average molecular weight is 470 g/mol. The Morgan fingerprint density at radius 1 is 1.17 bits per heavy atom. The first kappa shape index (κ1) is 20.7. The fourth-order valence-electron chi connectivity index (χ4n) is 2.59. The van der Waals surface area contributed by atoms with Gasteiger partial charge in [0.25, 0.3) is 11.5 Å². The van der Waals surface area contributed by atoms with Gasteiger partial charge in [0.15, 0.2) is 0 Å². The minimum absolute atomic E-state index is 0.0599. The number of alkyl halides is 3. The largest absolute Gasteiger partial charge is 0.416 e. The number of benzene rings is 1. The summed E-state index contributed by atoms with van der Waals surface area (Å²) in [4.78, 5) is 30.3. The molecule has 0 aliphatic carbocycles. The van der Waals surface area contributed by atoms with E-state index < -0.39 is 35.1 Å². The van der Waals surface area contributed by atoms with Crippen LogP contribution in [0, 0.1) is 5.82 Å². The number of nitrogens with one attached hydrogen (secondary N) is 2. The molecular formula is C19H12BrF4N3O2. The van der Waals surface area contributed by atoms with Gasteiger partial charge >= 0.3 is 6.18 Å². The van der Waals surface area contributed by atoms with Gasteiger partial charge in [0, 0.05) is 12.4 Å². The summed E-state index contributed by atoms with van der Waals surface area (Å²) in [6, 6.07) is 6.56. The third-order valence-electron chi connectivity index (χ3n) is 4.03. The van der Waals surface area contributed by atoms with E-state index in [2.05, 4.69) is 31.2 Å². The molecule has 150 valence electrons. The van der Waals surface area contributed by atoms with Crippen LogP contribution in [-0.4, -0.2) is 15.9 Å². The van der Waals surface area contributed by atoms with Crippen molar-refractivity contribution >= 4 is 21.8 Å². The summed E-state index contributed by atoms with van der Waals surface area (Å²) in [5.74, 6) is -1.42. The maximum Gasteiger partial charge on any atom is 0.416 e. The lowest BCUT2D eigenvalue weighted by Crippen LogP contribution is -2.31. The highest BCUT2D eigenvalue weighted by atomic mass is 79.9. The Kier molecular flexibility index (Phi) is 5.83. The number of carbonyl (C=O) groups is 1. The third kappa shape index (κ3) is 4.70. The highest BCUT2D eigenvalue weighted by molar-refractivity contribution is 9.10. The molecule has 29 heavy (non-hydrogen) atoms. The van der Waals surface area contributed by atoms with Crippen LogP contribution in [0.15, 0.2) is 64.1 Å². The predicted molar refractivity (Wildman–Crippen MR) is 99.7 cm³/mol. The van der Waals surface area contributed by atoms with Gasteiger partial charge in [0.1, 0.15) is 11.5 Å². The predicted octanol–water partition coefficient (Wildman–Crippen LogP) is 4.21. The van der Waals surface area contributed by atoms with Crippen LogP contribution in [0.25, 0.3) is 0 Å². The van der Waals surface area contributed by atoms with Crippen molar-refractivity contribution in [3.05, 3.63) is 97.9 Å². The zero-order valence-corrected chi connectivity index (χ0v) is 16.0. The summed E-state index contributed by atoms with van der Waals surface area (Å²) in [6.45, 7) is 0. The molecule has 1 aromatic carbocycles. The number of aromatic amines is 1. The maximum absolute atomic E-state index is 14.3. The summed E-state index contributed by atoms with van der Waals surface area (Å²) >= 11 is 3.01. The molecule has 0 fully saturated rings. The van der Waals surface area contributed by atoms with Gasteiger partial charge in [-0.1, -0.05) is 12.1 Å². The molecule has 0 radical (unpaired) electrons. The van der Waals surface area contributed by atoms with Crippen LogP contribution in [0.5, 0.6) is 0 Å².